The standard InChI is InChI=1S/C19H22N4O2S2/c1-4-12(2)14-5-7-15(8-6-14)21-17(24)11-27-19-23-22-18(25-19)9-16-10-26-13(3)20-16/h5-8,10,12H,4,9,11H2,1-3H3,(H,21,24)/t12-/m1/s1. The quantitative estimate of drug-likeness (QED) is 0.552. The van der Waals surface area contributed by atoms with Crippen LogP contribution >= 0.6 is 23.1 Å². The molecule has 27 heavy (non-hydrogen) atoms. The van der Waals surface area contributed by atoms with Crippen molar-refractivity contribution in [3.63, 3.8) is 0 Å². The van der Waals surface area contributed by atoms with E-state index in [0.717, 1.165) is 22.8 Å². The second-order valence-corrected chi connectivity index (χ2v) is 8.25. The molecule has 6 nitrogen and oxygen atoms in total. The minimum atomic E-state index is -0.105. The molecule has 0 spiro atoms. The van der Waals surface area contributed by atoms with Gasteiger partial charge >= 0.3 is 0 Å². The molecule has 0 aliphatic rings. The van der Waals surface area contributed by atoms with Crippen molar-refractivity contribution in [2.24, 2.45) is 0 Å². The lowest BCUT2D eigenvalue weighted by Gasteiger charge is -2.10. The fraction of sp³-hybridized carbons (Fsp3) is 0.368. The van der Waals surface area contributed by atoms with Gasteiger partial charge in [-0.15, -0.1) is 21.5 Å². The highest BCUT2D eigenvalue weighted by molar-refractivity contribution is 7.99. The lowest BCUT2D eigenvalue weighted by molar-refractivity contribution is -0.113. The number of carbonyl (C=O) groups excluding carboxylic acids is 1. The lowest BCUT2D eigenvalue weighted by atomic mass is 9.99. The Bertz CT molecular complexity index is 889. The Balaban J connectivity index is 1.47. The molecule has 3 rings (SSSR count). The van der Waals surface area contributed by atoms with Gasteiger partial charge in [-0.05, 0) is 37.0 Å². The van der Waals surface area contributed by atoms with Crippen LogP contribution in [-0.2, 0) is 11.2 Å². The predicted octanol–water partition coefficient (Wildman–Crippen LogP) is 4.67. The Morgan fingerprint density at radius 2 is 2.07 bits per heavy atom. The van der Waals surface area contributed by atoms with Gasteiger partial charge in [-0.2, -0.15) is 0 Å². The largest absolute Gasteiger partial charge is 0.416 e. The van der Waals surface area contributed by atoms with Gasteiger partial charge in [0, 0.05) is 11.1 Å². The molecule has 0 radical (unpaired) electrons. The van der Waals surface area contributed by atoms with E-state index in [2.05, 4.69) is 46.5 Å². The first-order valence-electron chi connectivity index (χ1n) is 8.79. The Morgan fingerprint density at radius 1 is 1.30 bits per heavy atom. The van der Waals surface area contributed by atoms with Gasteiger partial charge in [0.1, 0.15) is 0 Å². The van der Waals surface area contributed by atoms with Crippen LogP contribution in [0.5, 0.6) is 0 Å². The Kier molecular flexibility index (Phi) is 6.63. The number of anilines is 1. The number of amides is 1. The highest BCUT2D eigenvalue weighted by Crippen LogP contribution is 2.22. The van der Waals surface area contributed by atoms with Gasteiger partial charge in [-0.1, -0.05) is 37.7 Å². The van der Waals surface area contributed by atoms with Crippen LogP contribution in [0.4, 0.5) is 5.69 Å². The van der Waals surface area contributed by atoms with Gasteiger partial charge in [0.15, 0.2) is 0 Å². The zero-order valence-corrected chi connectivity index (χ0v) is 17.2. The predicted molar refractivity (Wildman–Crippen MR) is 108 cm³/mol. The number of carbonyl (C=O) groups is 1. The van der Waals surface area contributed by atoms with Crippen molar-refractivity contribution in [1.29, 1.82) is 0 Å². The maximum Gasteiger partial charge on any atom is 0.277 e. The van der Waals surface area contributed by atoms with Crippen molar-refractivity contribution in [2.45, 2.75) is 44.8 Å². The van der Waals surface area contributed by atoms with Gasteiger partial charge in [-0.3, -0.25) is 4.79 Å². The van der Waals surface area contributed by atoms with Crippen LogP contribution in [-0.4, -0.2) is 26.8 Å². The van der Waals surface area contributed by atoms with Crippen LogP contribution in [0.15, 0.2) is 39.3 Å². The van der Waals surface area contributed by atoms with Gasteiger partial charge in [0.25, 0.3) is 5.22 Å². The number of hydrogen-bond donors (Lipinski definition) is 1. The summed E-state index contributed by atoms with van der Waals surface area (Å²) in [6, 6.07) is 7.98. The number of hydrogen-bond acceptors (Lipinski definition) is 7. The fourth-order valence-electron chi connectivity index (χ4n) is 2.47. The van der Waals surface area contributed by atoms with Crippen LogP contribution in [0.3, 0.4) is 0 Å². The van der Waals surface area contributed by atoms with Crippen LogP contribution in [0, 0.1) is 6.92 Å². The number of thioether (sulfide) groups is 1. The van der Waals surface area contributed by atoms with E-state index >= 15 is 0 Å². The Morgan fingerprint density at radius 3 is 2.74 bits per heavy atom. The van der Waals surface area contributed by atoms with E-state index in [1.807, 2.05) is 24.4 Å². The molecule has 142 valence electrons. The fourth-order valence-corrected chi connectivity index (χ4v) is 3.66. The summed E-state index contributed by atoms with van der Waals surface area (Å²) in [6.07, 6.45) is 1.60. The molecule has 1 atom stereocenters. The van der Waals surface area contributed by atoms with Crippen LogP contribution in [0.1, 0.15) is 48.3 Å². The van der Waals surface area contributed by atoms with Crippen LogP contribution < -0.4 is 5.32 Å². The molecule has 0 fully saturated rings. The Hall–Kier alpha value is -2.19. The minimum absolute atomic E-state index is 0.105. The zero-order valence-electron chi connectivity index (χ0n) is 15.6. The number of aryl methyl sites for hydroxylation is 1. The molecule has 1 amide bonds. The van der Waals surface area contributed by atoms with Crippen molar-refractivity contribution in [3.05, 3.63) is 51.8 Å². The number of rotatable bonds is 8. The van der Waals surface area contributed by atoms with Crippen molar-refractivity contribution < 1.29 is 9.21 Å². The van der Waals surface area contributed by atoms with E-state index in [4.69, 9.17) is 4.42 Å². The molecule has 2 aromatic heterocycles. The number of thiazole rings is 1. The SMILES string of the molecule is CC[C@@H](C)c1ccc(NC(=O)CSc2nnc(Cc3csc(C)n3)o2)cc1. The average Bonchev–Trinajstić information content (AvgIpc) is 3.29. The summed E-state index contributed by atoms with van der Waals surface area (Å²) in [6.45, 7) is 6.32. The molecule has 0 bridgehead atoms. The molecule has 1 N–H and O–H groups in total. The molecule has 0 saturated carbocycles. The summed E-state index contributed by atoms with van der Waals surface area (Å²) in [5, 5.41) is 14.3. The summed E-state index contributed by atoms with van der Waals surface area (Å²) in [5.74, 6) is 1.13. The third-order valence-corrected chi connectivity index (χ3v) is 5.79. The third-order valence-electron chi connectivity index (χ3n) is 4.15. The molecule has 0 aliphatic carbocycles. The van der Waals surface area contributed by atoms with Crippen LogP contribution in [0.25, 0.3) is 0 Å². The van der Waals surface area contributed by atoms with E-state index in [1.54, 1.807) is 11.3 Å². The van der Waals surface area contributed by atoms with Crippen LogP contribution in [0.2, 0.25) is 0 Å². The molecule has 8 heteroatoms. The topological polar surface area (TPSA) is 80.9 Å². The molecular formula is C19H22N4O2S2. The monoisotopic (exact) mass is 402 g/mol. The smallest absolute Gasteiger partial charge is 0.277 e. The van der Waals surface area contributed by atoms with Gasteiger partial charge < -0.3 is 9.73 Å². The van der Waals surface area contributed by atoms with E-state index in [0.29, 0.717) is 23.5 Å². The third kappa shape index (κ3) is 5.64. The summed E-state index contributed by atoms with van der Waals surface area (Å²) in [4.78, 5) is 16.5. The number of benzene rings is 1. The second kappa shape index (κ2) is 9.14. The molecule has 0 aliphatic heterocycles. The summed E-state index contributed by atoms with van der Waals surface area (Å²) in [7, 11) is 0. The lowest BCUT2D eigenvalue weighted by Crippen LogP contribution is -2.14. The zero-order chi connectivity index (χ0) is 19.2. The first-order valence-corrected chi connectivity index (χ1v) is 10.7. The van der Waals surface area contributed by atoms with Gasteiger partial charge in [0.05, 0.1) is 22.9 Å². The van der Waals surface area contributed by atoms with E-state index < -0.39 is 0 Å². The van der Waals surface area contributed by atoms with Crippen molar-refractivity contribution in [1.82, 2.24) is 15.2 Å². The summed E-state index contributed by atoms with van der Waals surface area (Å²) in [5.41, 5.74) is 2.98. The number of aromatic nitrogens is 3. The highest BCUT2D eigenvalue weighted by atomic mass is 32.2. The van der Waals surface area contributed by atoms with Gasteiger partial charge in [-0.25, -0.2) is 4.98 Å². The second-order valence-electron chi connectivity index (χ2n) is 6.26. The van der Waals surface area contributed by atoms with E-state index in [-0.39, 0.29) is 11.7 Å². The molecule has 3 aromatic rings. The molecule has 1 aromatic carbocycles. The Labute approximate surface area is 166 Å². The van der Waals surface area contributed by atoms with E-state index in [9.17, 15) is 4.79 Å². The van der Waals surface area contributed by atoms with Crippen molar-refractivity contribution >= 4 is 34.7 Å². The first kappa shape index (κ1) is 19.6. The maximum absolute atomic E-state index is 12.1. The van der Waals surface area contributed by atoms with Crippen molar-refractivity contribution in [2.75, 3.05) is 11.1 Å². The minimum Gasteiger partial charge on any atom is -0.416 e. The molecule has 2 heterocycles. The average molecular weight is 403 g/mol. The highest BCUT2D eigenvalue weighted by Gasteiger charge is 2.12. The summed E-state index contributed by atoms with van der Waals surface area (Å²) < 4.78 is 5.58. The summed E-state index contributed by atoms with van der Waals surface area (Å²) >= 11 is 2.82. The first-order chi connectivity index (χ1) is 13.0. The van der Waals surface area contributed by atoms with E-state index in [1.165, 1.54) is 17.3 Å². The normalized spacial score (nSPS) is 12.1. The maximum atomic E-state index is 12.1. The molecular weight excluding hydrogens is 380 g/mol. The van der Waals surface area contributed by atoms with Gasteiger partial charge in [0.2, 0.25) is 11.8 Å². The number of nitrogens with one attached hydrogen (secondary N) is 1. The number of nitrogens with zero attached hydrogens (tertiary/aromatic N) is 3. The molecule has 0 saturated heterocycles. The van der Waals surface area contributed by atoms with Crippen molar-refractivity contribution in [3.8, 4) is 0 Å². The molecule has 0 unspecified atom stereocenters.